The number of aryl methyl sites for hydroxylation is 2. The number of hydrogen-bond acceptors (Lipinski definition) is 2. The van der Waals surface area contributed by atoms with Gasteiger partial charge in [-0.3, -0.25) is 0 Å². The van der Waals surface area contributed by atoms with Crippen molar-refractivity contribution in [2.75, 3.05) is 0 Å². The van der Waals surface area contributed by atoms with E-state index in [2.05, 4.69) is 6.07 Å². The zero-order chi connectivity index (χ0) is 14.9. The lowest BCUT2D eigenvalue weighted by molar-refractivity contribution is 0.465. The molecule has 2 aromatic carbocycles. The third-order valence-corrected chi connectivity index (χ3v) is 3.45. The van der Waals surface area contributed by atoms with Crippen LogP contribution in [0.2, 0.25) is 0 Å². The molecule has 0 fully saturated rings. The molecule has 0 amide bonds. The lowest BCUT2D eigenvalue weighted by Crippen LogP contribution is -2.07. The predicted molar refractivity (Wildman–Crippen MR) is 79.7 cm³/mol. The third kappa shape index (κ3) is 2.99. The highest BCUT2D eigenvalue weighted by atomic mass is 19.1. The maximum atomic E-state index is 13.3. The average Bonchev–Trinajstić information content (AvgIpc) is 2.37. The first-order valence-electron chi connectivity index (χ1n) is 6.69. The molecule has 0 aromatic heterocycles. The Kier molecular flexibility index (Phi) is 4.09. The van der Waals surface area contributed by atoms with Crippen molar-refractivity contribution in [1.82, 2.24) is 0 Å². The molecule has 20 heavy (non-hydrogen) atoms. The first-order chi connectivity index (χ1) is 9.38. The van der Waals surface area contributed by atoms with E-state index in [1.807, 2.05) is 33.8 Å². The Morgan fingerprint density at radius 1 is 1.05 bits per heavy atom. The Balaban J connectivity index is 2.45. The highest BCUT2D eigenvalue weighted by Crippen LogP contribution is 2.32. The van der Waals surface area contributed by atoms with E-state index in [9.17, 15) is 4.39 Å². The van der Waals surface area contributed by atoms with Crippen LogP contribution in [0.4, 0.5) is 4.39 Å². The predicted octanol–water partition coefficient (Wildman–Crippen LogP) is 4.56. The van der Waals surface area contributed by atoms with Crippen LogP contribution >= 0.6 is 0 Å². The molecule has 1 atom stereocenters. The summed E-state index contributed by atoms with van der Waals surface area (Å²) >= 11 is 0. The van der Waals surface area contributed by atoms with Crippen molar-refractivity contribution in [3.63, 3.8) is 0 Å². The van der Waals surface area contributed by atoms with Crippen LogP contribution in [0.1, 0.15) is 35.2 Å². The molecule has 106 valence electrons. The van der Waals surface area contributed by atoms with Gasteiger partial charge in [-0.15, -0.1) is 0 Å². The SMILES string of the molecule is Cc1cc(C)c(C)c(Oc2ccc(F)cc2[C@H](C)N)c1. The second-order valence-corrected chi connectivity index (χ2v) is 5.28. The summed E-state index contributed by atoms with van der Waals surface area (Å²) in [5, 5.41) is 0. The summed E-state index contributed by atoms with van der Waals surface area (Å²) < 4.78 is 19.3. The quantitative estimate of drug-likeness (QED) is 0.889. The number of ether oxygens (including phenoxy) is 1. The zero-order valence-electron chi connectivity index (χ0n) is 12.3. The van der Waals surface area contributed by atoms with Gasteiger partial charge in [0, 0.05) is 11.6 Å². The fourth-order valence-corrected chi connectivity index (χ4v) is 2.19. The standard InChI is InChI=1S/C17H20FNO/c1-10-7-11(2)12(3)17(8-10)20-16-6-5-14(18)9-15(16)13(4)19/h5-9,13H,19H2,1-4H3/t13-/m0/s1. The second-order valence-electron chi connectivity index (χ2n) is 5.28. The molecule has 0 saturated carbocycles. The monoisotopic (exact) mass is 273 g/mol. The number of benzene rings is 2. The molecule has 0 unspecified atom stereocenters. The molecule has 0 aliphatic rings. The van der Waals surface area contributed by atoms with E-state index in [4.69, 9.17) is 10.5 Å². The van der Waals surface area contributed by atoms with Crippen molar-refractivity contribution in [3.05, 3.63) is 58.4 Å². The summed E-state index contributed by atoms with van der Waals surface area (Å²) in [6.07, 6.45) is 0. The van der Waals surface area contributed by atoms with Crippen molar-refractivity contribution in [1.29, 1.82) is 0 Å². The fraction of sp³-hybridized carbons (Fsp3) is 0.294. The van der Waals surface area contributed by atoms with Gasteiger partial charge < -0.3 is 10.5 Å². The normalized spacial score (nSPS) is 12.3. The van der Waals surface area contributed by atoms with Crippen LogP contribution in [0.3, 0.4) is 0 Å². The van der Waals surface area contributed by atoms with Gasteiger partial charge in [0.05, 0.1) is 0 Å². The van der Waals surface area contributed by atoms with Gasteiger partial charge in [0.2, 0.25) is 0 Å². The van der Waals surface area contributed by atoms with E-state index in [0.717, 1.165) is 16.9 Å². The summed E-state index contributed by atoms with van der Waals surface area (Å²) in [5.41, 5.74) is 9.94. The van der Waals surface area contributed by atoms with Crippen LogP contribution in [0.15, 0.2) is 30.3 Å². The first-order valence-corrected chi connectivity index (χ1v) is 6.69. The van der Waals surface area contributed by atoms with E-state index in [1.165, 1.54) is 17.7 Å². The number of nitrogens with two attached hydrogens (primary N) is 1. The van der Waals surface area contributed by atoms with Crippen LogP contribution < -0.4 is 10.5 Å². The molecule has 0 aliphatic heterocycles. The lowest BCUT2D eigenvalue weighted by atomic mass is 10.1. The molecule has 3 heteroatoms. The van der Waals surface area contributed by atoms with Crippen molar-refractivity contribution < 1.29 is 9.13 Å². The molecule has 0 bridgehead atoms. The lowest BCUT2D eigenvalue weighted by Gasteiger charge is -2.16. The number of halogens is 1. The highest BCUT2D eigenvalue weighted by molar-refractivity contribution is 5.46. The third-order valence-electron chi connectivity index (χ3n) is 3.45. The van der Waals surface area contributed by atoms with Crippen molar-refractivity contribution in [2.24, 2.45) is 5.73 Å². The Morgan fingerprint density at radius 2 is 1.75 bits per heavy atom. The molecule has 0 aliphatic carbocycles. The van der Waals surface area contributed by atoms with Crippen molar-refractivity contribution in [3.8, 4) is 11.5 Å². The van der Waals surface area contributed by atoms with Gasteiger partial charge in [-0.1, -0.05) is 6.07 Å². The minimum Gasteiger partial charge on any atom is -0.457 e. The van der Waals surface area contributed by atoms with Crippen LogP contribution in [-0.2, 0) is 0 Å². The van der Waals surface area contributed by atoms with Crippen molar-refractivity contribution in [2.45, 2.75) is 33.7 Å². The van der Waals surface area contributed by atoms with Crippen LogP contribution in [0.5, 0.6) is 11.5 Å². The van der Waals surface area contributed by atoms with Crippen LogP contribution in [-0.4, -0.2) is 0 Å². The molecule has 2 N–H and O–H groups in total. The summed E-state index contributed by atoms with van der Waals surface area (Å²) in [4.78, 5) is 0. The highest BCUT2D eigenvalue weighted by Gasteiger charge is 2.12. The topological polar surface area (TPSA) is 35.2 Å². The molecule has 0 spiro atoms. The average molecular weight is 273 g/mol. The van der Waals surface area contributed by atoms with E-state index in [-0.39, 0.29) is 11.9 Å². The molecule has 2 rings (SSSR count). The van der Waals surface area contributed by atoms with Crippen LogP contribution in [0.25, 0.3) is 0 Å². The Labute approximate surface area is 119 Å². The Bertz CT molecular complexity index is 635. The Hall–Kier alpha value is -1.87. The van der Waals surface area contributed by atoms with Gasteiger partial charge in [0.1, 0.15) is 17.3 Å². The maximum Gasteiger partial charge on any atom is 0.132 e. The Morgan fingerprint density at radius 3 is 2.40 bits per heavy atom. The number of hydrogen-bond donors (Lipinski definition) is 1. The summed E-state index contributed by atoms with van der Waals surface area (Å²) in [5.74, 6) is 1.09. The van der Waals surface area contributed by atoms with E-state index in [1.54, 1.807) is 6.07 Å². The van der Waals surface area contributed by atoms with E-state index >= 15 is 0 Å². The maximum absolute atomic E-state index is 13.3. The van der Waals surface area contributed by atoms with E-state index in [0.29, 0.717) is 11.3 Å². The van der Waals surface area contributed by atoms with E-state index < -0.39 is 0 Å². The van der Waals surface area contributed by atoms with Gasteiger partial charge in [-0.25, -0.2) is 4.39 Å². The van der Waals surface area contributed by atoms with Gasteiger partial charge in [-0.05, 0) is 68.7 Å². The minimum absolute atomic E-state index is 0.285. The van der Waals surface area contributed by atoms with Gasteiger partial charge in [-0.2, -0.15) is 0 Å². The largest absolute Gasteiger partial charge is 0.457 e. The summed E-state index contributed by atoms with van der Waals surface area (Å²) in [6, 6.07) is 8.25. The van der Waals surface area contributed by atoms with Crippen molar-refractivity contribution >= 4 is 0 Å². The second kappa shape index (κ2) is 5.63. The van der Waals surface area contributed by atoms with Gasteiger partial charge >= 0.3 is 0 Å². The molecular weight excluding hydrogens is 253 g/mol. The summed E-state index contributed by atoms with van der Waals surface area (Å²) in [7, 11) is 0. The first kappa shape index (κ1) is 14.5. The minimum atomic E-state index is -0.304. The molecule has 2 nitrogen and oxygen atoms in total. The molecule has 0 radical (unpaired) electrons. The fourth-order valence-electron chi connectivity index (χ4n) is 2.19. The zero-order valence-corrected chi connectivity index (χ0v) is 12.3. The molecule has 0 heterocycles. The molecular formula is C17H20FNO. The smallest absolute Gasteiger partial charge is 0.132 e. The van der Waals surface area contributed by atoms with Gasteiger partial charge in [0.25, 0.3) is 0 Å². The van der Waals surface area contributed by atoms with Crippen LogP contribution in [0, 0.1) is 26.6 Å². The van der Waals surface area contributed by atoms with Gasteiger partial charge in [0.15, 0.2) is 0 Å². The summed E-state index contributed by atoms with van der Waals surface area (Å²) in [6.45, 7) is 7.90. The molecule has 2 aromatic rings. The molecule has 0 saturated heterocycles. The number of rotatable bonds is 3.